The average molecular weight is 365 g/mol. The molecule has 6 heteroatoms. The summed E-state index contributed by atoms with van der Waals surface area (Å²) in [6.45, 7) is 2.39. The smallest absolute Gasteiger partial charge is 0.259 e. The van der Waals surface area contributed by atoms with Crippen molar-refractivity contribution >= 4 is 17.0 Å². The van der Waals surface area contributed by atoms with Gasteiger partial charge >= 0.3 is 0 Å². The van der Waals surface area contributed by atoms with Crippen LogP contribution in [0.25, 0.3) is 22.4 Å². The maximum absolute atomic E-state index is 12.9. The molecule has 0 bridgehead atoms. The standard InChI is InChI=1S/C21H23N3O3/c1-14-18-16(19(25)22-12-11-21(26-2)9-6-10-21)13-17(23-20(18)27-24-14)15-7-4-3-5-8-15/h3-5,7-8,13H,6,9-12H2,1-2H3,(H,22,25). The van der Waals surface area contributed by atoms with Crippen LogP contribution in [0.1, 0.15) is 41.7 Å². The van der Waals surface area contributed by atoms with E-state index in [4.69, 9.17) is 9.26 Å². The number of carbonyl (C=O) groups is 1. The van der Waals surface area contributed by atoms with Crippen molar-refractivity contribution in [3.05, 3.63) is 47.7 Å². The van der Waals surface area contributed by atoms with Gasteiger partial charge in [0.2, 0.25) is 0 Å². The molecule has 0 atom stereocenters. The highest BCUT2D eigenvalue weighted by Gasteiger charge is 2.36. The molecule has 2 heterocycles. The van der Waals surface area contributed by atoms with E-state index in [1.54, 1.807) is 7.11 Å². The Labute approximate surface area is 157 Å². The van der Waals surface area contributed by atoms with E-state index in [1.807, 2.05) is 43.3 Å². The molecule has 1 amide bonds. The Bertz CT molecular complexity index is 956. The number of benzene rings is 1. The molecular formula is C21H23N3O3. The summed E-state index contributed by atoms with van der Waals surface area (Å²) >= 11 is 0. The van der Waals surface area contributed by atoms with Gasteiger partial charge in [-0.25, -0.2) is 4.98 Å². The van der Waals surface area contributed by atoms with E-state index >= 15 is 0 Å². The molecule has 1 aliphatic carbocycles. The number of ether oxygens (including phenoxy) is 1. The van der Waals surface area contributed by atoms with Gasteiger partial charge in [-0.15, -0.1) is 0 Å². The van der Waals surface area contributed by atoms with Crippen molar-refractivity contribution in [1.29, 1.82) is 0 Å². The molecule has 1 aliphatic rings. The first-order valence-corrected chi connectivity index (χ1v) is 9.28. The third kappa shape index (κ3) is 3.32. The number of aryl methyl sites for hydroxylation is 1. The highest BCUT2D eigenvalue weighted by Crippen LogP contribution is 2.37. The van der Waals surface area contributed by atoms with Gasteiger partial charge < -0.3 is 14.6 Å². The van der Waals surface area contributed by atoms with Gasteiger partial charge in [0.15, 0.2) is 0 Å². The summed E-state index contributed by atoms with van der Waals surface area (Å²) in [7, 11) is 1.75. The van der Waals surface area contributed by atoms with Crippen molar-refractivity contribution in [2.75, 3.05) is 13.7 Å². The van der Waals surface area contributed by atoms with Gasteiger partial charge in [0, 0.05) is 19.2 Å². The molecule has 3 aromatic rings. The van der Waals surface area contributed by atoms with E-state index in [-0.39, 0.29) is 11.5 Å². The molecule has 1 N–H and O–H groups in total. The first kappa shape index (κ1) is 17.7. The van der Waals surface area contributed by atoms with Crippen LogP contribution in [0.5, 0.6) is 0 Å². The number of nitrogens with one attached hydrogen (secondary N) is 1. The number of carbonyl (C=O) groups excluding carboxylic acids is 1. The first-order valence-electron chi connectivity index (χ1n) is 9.28. The average Bonchev–Trinajstić information content (AvgIpc) is 3.05. The van der Waals surface area contributed by atoms with Crippen LogP contribution in [0, 0.1) is 6.92 Å². The highest BCUT2D eigenvalue weighted by molar-refractivity contribution is 6.06. The lowest BCUT2D eigenvalue weighted by atomic mass is 9.77. The predicted molar refractivity (Wildman–Crippen MR) is 103 cm³/mol. The number of hydrogen-bond donors (Lipinski definition) is 1. The van der Waals surface area contributed by atoms with Gasteiger partial charge in [0.25, 0.3) is 11.6 Å². The van der Waals surface area contributed by atoms with Gasteiger partial charge in [-0.1, -0.05) is 35.5 Å². The van der Waals surface area contributed by atoms with E-state index in [9.17, 15) is 4.79 Å². The lowest BCUT2D eigenvalue weighted by molar-refractivity contribution is -0.0764. The van der Waals surface area contributed by atoms with Crippen molar-refractivity contribution in [3.63, 3.8) is 0 Å². The van der Waals surface area contributed by atoms with Crippen LogP contribution in [0.2, 0.25) is 0 Å². The van der Waals surface area contributed by atoms with Gasteiger partial charge in [-0.3, -0.25) is 4.79 Å². The lowest BCUT2D eigenvalue weighted by Crippen LogP contribution is -2.42. The molecule has 6 nitrogen and oxygen atoms in total. The fourth-order valence-corrected chi connectivity index (χ4v) is 3.66. The minimum Gasteiger partial charge on any atom is -0.378 e. The largest absolute Gasteiger partial charge is 0.378 e. The van der Waals surface area contributed by atoms with Crippen LogP contribution in [0.4, 0.5) is 0 Å². The number of aromatic nitrogens is 2. The zero-order valence-electron chi connectivity index (χ0n) is 15.6. The van der Waals surface area contributed by atoms with Crippen LogP contribution in [0.15, 0.2) is 40.9 Å². The predicted octanol–water partition coefficient (Wildman–Crippen LogP) is 3.89. The molecule has 0 aliphatic heterocycles. The Hall–Kier alpha value is -2.73. The number of pyridine rings is 1. The molecule has 1 aromatic carbocycles. The highest BCUT2D eigenvalue weighted by atomic mass is 16.5. The summed E-state index contributed by atoms with van der Waals surface area (Å²) < 4.78 is 11.0. The number of fused-ring (bicyclic) bond motifs is 1. The van der Waals surface area contributed by atoms with Gasteiger partial charge in [0.1, 0.15) is 0 Å². The van der Waals surface area contributed by atoms with E-state index < -0.39 is 0 Å². The van der Waals surface area contributed by atoms with Crippen LogP contribution < -0.4 is 5.32 Å². The molecule has 2 aromatic heterocycles. The Morgan fingerprint density at radius 3 is 2.74 bits per heavy atom. The molecule has 27 heavy (non-hydrogen) atoms. The Kier molecular flexibility index (Phi) is 4.66. The van der Waals surface area contributed by atoms with E-state index in [0.29, 0.717) is 34.6 Å². The molecule has 0 spiro atoms. The van der Waals surface area contributed by atoms with Crippen molar-refractivity contribution in [3.8, 4) is 11.3 Å². The van der Waals surface area contributed by atoms with Crippen LogP contribution in [-0.4, -0.2) is 35.3 Å². The van der Waals surface area contributed by atoms with E-state index in [2.05, 4.69) is 15.5 Å². The first-order chi connectivity index (χ1) is 13.1. The van der Waals surface area contributed by atoms with Gasteiger partial charge in [-0.05, 0) is 38.7 Å². The monoisotopic (exact) mass is 365 g/mol. The summed E-state index contributed by atoms with van der Waals surface area (Å²) in [4.78, 5) is 17.5. The van der Waals surface area contributed by atoms with E-state index in [1.165, 1.54) is 6.42 Å². The number of rotatable bonds is 6. The molecular weight excluding hydrogens is 342 g/mol. The van der Waals surface area contributed by atoms with Crippen LogP contribution in [0.3, 0.4) is 0 Å². The minimum atomic E-state index is -0.142. The number of nitrogens with zero attached hydrogens (tertiary/aromatic N) is 2. The summed E-state index contributed by atoms with van der Waals surface area (Å²) in [5.74, 6) is -0.142. The third-order valence-electron chi connectivity index (χ3n) is 5.50. The summed E-state index contributed by atoms with van der Waals surface area (Å²) in [6.07, 6.45) is 4.12. The molecule has 140 valence electrons. The number of methoxy groups -OCH3 is 1. The maximum Gasteiger partial charge on any atom is 0.259 e. The summed E-state index contributed by atoms with van der Waals surface area (Å²) in [5.41, 5.74) is 3.13. The molecule has 1 fully saturated rings. The quantitative estimate of drug-likeness (QED) is 0.717. The van der Waals surface area contributed by atoms with Crippen molar-refractivity contribution in [1.82, 2.24) is 15.5 Å². The van der Waals surface area contributed by atoms with Crippen LogP contribution in [-0.2, 0) is 4.74 Å². The Balaban J connectivity index is 1.61. The maximum atomic E-state index is 12.9. The van der Waals surface area contributed by atoms with Gasteiger partial charge in [0.05, 0.1) is 27.9 Å². The lowest BCUT2D eigenvalue weighted by Gasteiger charge is -2.40. The topological polar surface area (TPSA) is 77.2 Å². The number of amides is 1. The van der Waals surface area contributed by atoms with Gasteiger partial charge in [-0.2, -0.15) is 0 Å². The van der Waals surface area contributed by atoms with Crippen LogP contribution >= 0.6 is 0 Å². The van der Waals surface area contributed by atoms with E-state index in [0.717, 1.165) is 24.8 Å². The van der Waals surface area contributed by atoms with Crippen molar-refractivity contribution in [2.24, 2.45) is 0 Å². The second kappa shape index (κ2) is 7.12. The zero-order valence-corrected chi connectivity index (χ0v) is 15.6. The molecule has 0 saturated heterocycles. The van der Waals surface area contributed by atoms with Crippen molar-refractivity contribution < 1.29 is 14.1 Å². The number of hydrogen-bond acceptors (Lipinski definition) is 5. The summed E-state index contributed by atoms with van der Waals surface area (Å²) in [6, 6.07) is 11.5. The SMILES string of the molecule is COC1(CCNC(=O)c2cc(-c3ccccc3)nc3onc(C)c23)CCC1. The fourth-order valence-electron chi connectivity index (χ4n) is 3.66. The second-order valence-corrected chi connectivity index (χ2v) is 7.12. The molecule has 0 radical (unpaired) electrons. The molecule has 1 saturated carbocycles. The fraction of sp³-hybridized carbons (Fsp3) is 0.381. The molecule has 0 unspecified atom stereocenters. The Morgan fingerprint density at radius 1 is 1.30 bits per heavy atom. The zero-order chi connectivity index (χ0) is 18.9. The third-order valence-corrected chi connectivity index (χ3v) is 5.50. The second-order valence-electron chi connectivity index (χ2n) is 7.12. The summed E-state index contributed by atoms with van der Waals surface area (Å²) in [5, 5.41) is 7.68. The molecule has 4 rings (SSSR count). The Morgan fingerprint density at radius 2 is 2.07 bits per heavy atom. The van der Waals surface area contributed by atoms with Crippen molar-refractivity contribution in [2.45, 2.75) is 38.2 Å². The normalized spacial score (nSPS) is 15.5. The minimum absolute atomic E-state index is 0.0663.